The molecule has 8 rings (SSSR count). The summed E-state index contributed by atoms with van der Waals surface area (Å²) in [6, 6.07) is 31.8. The Labute approximate surface area is 402 Å². The topological polar surface area (TPSA) is 327 Å². The first-order chi connectivity index (χ1) is 31.1. The molecule has 8 aromatic rings. The molecule has 0 fully saturated rings. The summed E-state index contributed by atoms with van der Waals surface area (Å²) in [4.78, 5) is -2.45. The third-order valence-electron chi connectivity index (χ3n) is 9.77. The van der Waals surface area contributed by atoms with Crippen LogP contribution in [0.15, 0.2) is 190 Å². The molecule has 8 aromatic carbocycles. The molecule has 0 bridgehead atoms. The fraction of sp³-hybridized carbons (Fsp3) is 0. The number of nitrogens with zero attached hydrogens (tertiary/aromatic N) is 6. The van der Waals surface area contributed by atoms with Crippen LogP contribution in [0, 0.1) is 0 Å². The molecule has 0 heterocycles. The predicted molar refractivity (Wildman–Crippen MR) is 240 cm³/mol. The van der Waals surface area contributed by atoms with Gasteiger partial charge in [-0.1, -0.05) is 36.4 Å². The van der Waals surface area contributed by atoms with Crippen molar-refractivity contribution in [3.8, 4) is 5.75 Å². The van der Waals surface area contributed by atoms with Gasteiger partial charge in [0.2, 0.25) is 0 Å². The van der Waals surface area contributed by atoms with E-state index in [0.717, 1.165) is 48.2 Å². The Morgan fingerprint density at radius 2 is 0.940 bits per heavy atom. The Kier molecular flexibility index (Phi) is 13.5. The van der Waals surface area contributed by atoms with Crippen molar-refractivity contribution < 1.29 is 86.5 Å². The number of hydrogen-bond donors (Lipinski definition) is 5. The zero-order valence-corrected chi connectivity index (χ0v) is 39.3. The first-order valence-electron chi connectivity index (χ1n) is 18.6. The van der Waals surface area contributed by atoms with Gasteiger partial charge in [0.1, 0.15) is 20.7 Å². The number of benzene rings is 8. The first kappa shape index (κ1) is 48.5. The molecule has 0 aliphatic rings. The van der Waals surface area contributed by atoms with Gasteiger partial charge in [0, 0.05) is 38.3 Å². The monoisotopic (exact) mass is 989 g/mol. The first-order valence-corrected chi connectivity index (χ1v) is 24.4. The van der Waals surface area contributed by atoms with Crippen molar-refractivity contribution in [2.24, 2.45) is 30.7 Å². The van der Waals surface area contributed by atoms with Crippen LogP contribution in [0.5, 0.6) is 5.75 Å². The van der Waals surface area contributed by atoms with Gasteiger partial charge in [-0.15, -0.1) is 25.6 Å². The fourth-order valence-electron chi connectivity index (χ4n) is 6.70. The molecule has 0 atom stereocenters. The van der Waals surface area contributed by atoms with E-state index in [2.05, 4.69) is 36.0 Å². The maximum atomic E-state index is 12.7. The second-order valence-electron chi connectivity index (χ2n) is 14.1. The van der Waals surface area contributed by atoms with Crippen molar-refractivity contribution >= 4 is 118 Å². The van der Waals surface area contributed by atoms with Gasteiger partial charge in [-0.3, -0.25) is 13.7 Å². The predicted octanol–water partition coefficient (Wildman–Crippen LogP) is 7.49. The number of phenolic OH excluding ortho intramolecular Hbond substituents is 1. The number of para-hydroxylation sites is 1. The number of anilines is 2. The molecule has 0 saturated heterocycles. The van der Waals surface area contributed by atoms with Crippen molar-refractivity contribution in [2.45, 2.75) is 19.6 Å². The van der Waals surface area contributed by atoms with Gasteiger partial charge in [-0.05, 0) is 109 Å². The van der Waals surface area contributed by atoms with Gasteiger partial charge in [0.25, 0.3) is 30.4 Å². The molecule has 0 saturated carbocycles. The molecule has 0 unspecified atom stereocenters. The van der Waals surface area contributed by atoms with Gasteiger partial charge in [0.05, 0.1) is 43.1 Å². The van der Waals surface area contributed by atoms with Gasteiger partial charge in [-0.2, -0.15) is 30.4 Å². The number of hydrogen-bond acceptors (Lipinski definition) is 17. The second kappa shape index (κ2) is 18.7. The maximum absolute atomic E-state index is 12.7. The molecule has 0 spiro atoms. The van der Waals surface area contributed by atoms with Crippen molar-refractivity contribution in [3.63, 3.8) is 0 Å². The van der Waals surface area contributed by atoms with Crippen LogP contribution in [-0.4, -0.2) is 57.0 Å². The molecule has 0 aliphatic carbocycles. The minimum absolute atomic E-state index is 0. The van der Waals surface area contributed by atoms with Crippen molar-refractivity contribution in [1.29, 1.82) is 0 Å². The van der Waals surface area contributed by atoms with Crippen LogP contribution < -0.4 is 34.9 Å². The smallest absolute Gasteiger partial charge is 0.744 e. The maximum Gasteiger partial charge on any atom is 1.00 e. The van der Waals surface area contributed by atoms with Crippen LogP contribution in [0.2, 0.25) is 0 Å². The van der Waals surface area contributed by atoms with Crippen LogP contribution in [-0.2, 0) is 40.5 Å². The largest absolute Gasteiger partial charge is 1.00 e. The Morgan fingerprint density at radius 1 is 0.433 bits per heavy atom. The molecule has 334 valence electrons. The quantitative estimate of drug-likeness (QED) is 0.0450. The van der Waals surface area contributed by atoms with Gasteiger partial charge in [-0.25, -0.2) is 8.42 Å². The standard InChI is InChI=1S/C42H29N7O13S4.Na/c50-42-31-12-9-26(43-25-5-2-1-3-6-25)19-24(31)20-40(66(60,61)62)41(42)49-48-39-18-16-37(33-14-11-30(23-35(33)39)65(57,58)59)47-46-36-15-17-38(34-22-29(64(54,55)56)10-13-32(34)36)45-44-27-7-4-8-28(21-27)63(51,52)53;/h1-23,43,50H,(H,51,52,53)(H,54,55,56)(H,57,58,59)(H,60,61,62);/q;+1/p-1. The van der Waals surface area contributed by atoms with E-state index >= 15 is 0 Å². The summed E-state index contributed by atoms with van der Waals surface area (Å²) in [6.45, 7) is 0. The molecule has 0 aliphatic heterocycles. The zero-order chi connectivity index (χ0) is 47.2. The summed E-state index contributed by atoms with van der Waals surface area (Å²) >= 11 is 0. The van der Waals surface area contributed by atoms with Crippen LogP contribution in [0.25, 0.3) is 32.3 Å². The summed E-state index contributed by atoms with van der Waals surface area (Å²) in [7, 11) is -19.4. The van der Waals surface area contributed by atoms with E-state index in [-0.39, 0.29) is 90.3 Å². The normalized spacial score (nSPS) is 12.7. The molecule has 25 heteroatoms. The molecular weight excluding hydrogens is 962 g/mol. The molecular formula is C42H28N7NaO13S4. The Balaban J connectivity index is 0.00000666. The van der Waals surface area contributed by atoms with Crippen molar-refractivity contribution in [2.75, 3.05) is 5.32 Å². The van der Waals surface area contributed by atoms with Gasteiger partial charge < -0.3 is 15.0 Å². The zero-order valence-electron chi connectivity index (χ0n) is 34.1. The van der Waals surface area contributed by atoms with Crippen molar-refractivity contribution in [1.82, 2.24) is 0 Å². The Hall–Kier alpha value is -6.42. The summed E-state index contributed by atoms with van der Waals surface area (Å²) in [5, 5.41) is 40.1. The average Bonchev–Trinajstić information content (AvgIpc) is 3.26. The number of aromatic hydroxyl groups is 1. The Morgan fingerprint density at radius 3 is 1.51 bits per heavy atom. The SMILES string of the molecule is O=S(=O)([O-])c1ccc2c(N=Nc3ccc(N=Nc4cccc(S(=O)(=O)O)c4)c4cc(S(=O)(=O)O)ccc34)ccc(N=Nc3c(S(=O)(=O)O)cc4cc(Nc5ccccc5)ccc4c3O)c2c1.[Na+]. The van der Waals surface area contributed by atoms with E-state index < -0.39 is 71.5 Å². The molecule has 0 radical (unpaired) electrons. The minimum atomic E-state index is -5.05. The third kappa shape index (κ3) is 10.7. The molecule has 67 heavy (non-hydrogen) atoms. The molecule has 5 N–H and O–H groups in total. The van der Waals surface area contributed by atoms with E-state index in [1.165, 1.54) is 54.6 Å². The van der Waals surface area contributed by atoms with E-state index in [1.54, 1.807) is 36.4 Å². The van der Waals surface area contributed by atoms with Crippen LogP contribution >= 0.6 is 0 Å². The van der Waals surface area contributed by atoms with Crippen LogP contribution in [0.1, 0.15) is 0 Å². The van der Waals surface area contributed by atoms with Crippen LogP contribution in [0.3, 0.4) is 0 Å². The molecule has 0 aromatic heterocycles. The molecule has 0 amide bonds. The summed E-state index contributed by atoms with van der Waals surface area (Å²) < 4.78 is 139. The number of rotatable bonds is 12. The summed E-state index contributed by atoms with van der Waals surface area (Å²) in [5.74, 6) is -0.664. The van der Waals surface area contributed by atoms with Crippen molar-refractivity contribution in [3.05, 3.63) is 140 Å². The Bertz CT molecular complexity index is 3880. The third-order valence-corrected chi connectivity index (χ3v) is 13.2. The van der Waals surface area contributed by atoms with Gasteiger partial charge >= 0.3 is 29.6 Å². The minimum Gasteiger partial charge on any atom is -0.744 e. The van der Waals surface area contributed by atoms with Gasteiger partial charge in [0.15, 0.2) is 5.75 Å². The number of phenols is 1. The number of fused-ring (bicyclic) bond motifs is 3. The van der Waals surface area contributed by atoms with E-state index in [0.29, 0.717) is 5.69 Å². The molecule has 20 nitrogen and oxygen atoms in total. The summed E-state index contributed by atoms with van der Waals surface area (Å²) in [6.07, 6.45) is 0. The average molecular weight is 990 g/mol. The van der Waals surface area contributed by atoms with E-state index in [9.17, 15) is 57.0 Å². The summed E-state index contributed by atoms with van der Waals surface area (Å²) in [5.41, 5.74) is 0.681. The number of nitrogens with one attached hydrogen (secondary N) is 1. The van der Waals surface area contributed by atoms with Crippen LogP contribution in [0.4, 0.5) is 45.5 Å². The fourth-order valence-corrected chi connectivity index (χ4v) is 8.88. The number of azo groups is 3. The second-order valence-corrected chi connectivity index (χ2v) is 19.7. The van der Waals surface area contributed by atoms with E-state index in [1.807, 2.05) is 6.07 Å². The van der Waals surface area contributed by atoms with E-state index in [4.69, 9.17) is 0 Å².